The molecule has 2 aromatic heterocycles. The van der Waals surface area contributed by atoms with Gasteiger partial charge in [-0.05, 0) is 42.9 Å². The first-order valence-electron chi connectivity index (χ1n) is 12.0. The zero-order valence-corrected chi connectivity index (χ0v) is 19.4. The van der Waals surface area contributed by atoms with Crippen molar-refractivity contribution in [2.45, 2.75) is 25.0 Å². The minimum atomic E-state index is 0.201. The Bertz CT molecular complexity index is 1220. The number of benzene rings is 1. The second kappa shape index (κ2) is 8.95. The van der Waals surface area contributed by atoms with Gasteiger partial charge < -0.3 is 19.7 Å². The number of nitriles is 1. The lowest BCUT2D eigenvalue weighted by Gasteiger charge is -2.28. The van der Waals surface area contributed by atoms with Crippen LogP contribution in [0.1, 0.15) is 18.4 Å². The molecule has 0 unspecified atom stereocenters. The molecule has 0 amide bonds. The molecular weight excluding hydrogens is 430 g/mol. The molecule has 1 aromatic carbocycles. The largest absolute Gasteiger partial charge is 0.376 e. The van der Waals surface area contributed by atoms with Gasteiger partial charge in [-0.15, -0.1) is 10.2 Å². The third-order valence-electron chi connectivity index (χ3n) is 7.34. The maximum Gasteiger partial charge on any atom is 0.166 e. The summed E-state index contributed by atoms with van der Waals surface area (Å²) in [6, 6.07) is 10.4. The summed E-state index contributed by atoms with van der Waals surface area (Å²) >= 11 is 0. The number of hydrogen-bond acceptors (Lipinski definition) is 8. The van der Waals surface area contributed by atoms with Crippen molar-refractivity contribution in [2.24, 2.45) is 18.9 Å². The Balaban J connectivity index is 1.10. The molecular formula is C25H29N7O2. The summed E-state index contributed by atoms with van der Waals surface area (Å²) in [7, 11) is 1.91. The molecule has 4 heterocycles. The molecule has 3 aromatic rings. The number of anilines is 1. The first-order valence-corrected chi connectivity index (χ1v) is 12.0. The Morgan fingerprint density at radius 2 is 2.00 bits per heavy atom. The van der Waals surface area contributed by atoms with Crippen molar-refractivity contribution in [1.29, 1.82) is 5.26 Å². The number of fused-ring (bicyclic) bond motifs is 2. The predicted molar refractivity (Wildman–Crippen MR) is 127 cm³/mol. The number of hydrogen-bond donors (Lipinski definition) is 1. The number of aromatic nitrogens is 4. The van der Waals surface area contributed by atoms with Crippen LogP contribution in [0, 0.1) is 23.2 Å². The SMILES string of the molecule is Cn1cc2cc(-c3cc(C#N)c(N[C@H]4C[C@@H]5CN(C[C@H]6COCCO6)C[C@@H]5C4)nn3)ccc2n1. The van der Waals surface area contributed by atoms with Gasteiger partial charge in [0.25, 0.3) is 0 Å². The summed E-state index contributed by atoms with van der Waals surface area (Å²) < 4.78 is 13.2. The van der Waals surface area contributed by atoms with Crippen LogP contribution in [0.2, 0.25) is 0 Å². The summed E-state index contributed by atoms with van der Waals surface area (Å²) in [5.74, 6) is 1.93. The highest BCUT2D eigenvalue weighted by Crippen LogP contribution is 2.39. The highest BCUT2D eigenvalue weighted by atomic mass is 16.6. The van der Waals surface area contributed by atoms with Crippen LogP contribution in [0.5, 0.6) is 0 Å². The summed E-state index contributed by atoms with van der Waals surface area (Å²) in [5, 5.41) is 27.6. The van der Waals surface area contributed by atoms with E-state index in [2.05, 4.69) is 31.6 Å². The molecule has 4 atom stereocenters. The zero-order chi connectivity index (χ0) is 23.1. The van der Waals surface area contributed by atoms with Crippen LogP contribution in [0.3, 0.4) is 0 Å². The van der Waals surface area contributed by atoms with Gasteiger partial charge in [0.05, 0.1) is 42.7 Å². The number of aryl methyl sites for hydroxylation is 1. The van der Waals surface area contributed by atoms with Gasteiger partial charge in [-0.3, -0.25) is 4.68 Å². The molecule has 1 N–H and O–H groups in total. The van der Waals surface area contributed by atoms with E-state index in [4.69, 9.17) is 9.47 Å². The number of rotatable bonds is 5. The fraction of sp³-hybridized carbons (Fsp3) is 0.520. The quantitative estimate of drug-likeness (QED) is 0.621. The van der Waals surface area contributed by atoms with Crippen molar-refractivity contribution in [1.82, 2.24) is 24.9 Å². The monoisotopic (exact) mass is 459 g/mol. The van der Waals surface area contributed by atoms with Gasteiger partial charge in [0.2, 0.25) is 0 Å². The van der Waals surface area contributed by atoms with Gasteiger partial charge in [-0.2, -0.15) is 10.4 Å². The maximum absolute atomic E-state index is 9.79. The highest BCUT2D eigenvalue weighted by Gasteiger charge is 2.41. The first kappa shape index (κ1) is 21.5. The van der Waals surface area contributed by atoms with E-state index in [1.54, 1.807) is 4.68 Å². The molecule has 176 valence electrons. The van der Waals surface area contributed by atoms with Crippen molar-refractivity contribution >= 4 is 16.7 Å². The van der Waals surface area contributed by atoms with Gasteiger partial charge in [-0.1, -0.05) is 6.07 Å². The number of ether oxygens (including phenoxy) is 2. The minimum Gasteiger partial charge on any atom is -0.376 e. The molecule has 0 spiro atoms. The highest BCUT2D eigenvalue weighted by molar-refractivity contribution is 5.83. The van der Waals surface area contributed by atoms with E-state index in [9.17, 15) is 5.26 Å². The van der Waals surface area contributed by atoms with Crippen LogP contribution in [-0.4, -0.2) is 76.5 Å². The maximum atomic E-state index is 9.79. The van der Waals surface area contributed by atoms with E-state index in [1.165, 1.54) is 0 Å². The molecule has 6 rings (SSSR count). The van der Waals surface area contributed by atoms with Crippen LogP contribution in [0.15, 0.2) is 30.5 Å². The van der Waals surface area contributed by atoms with Crippen molar-refractivity contribution in [3.63, 3.8) is 0 Å². The molecule has 1 aliphatic carbocycles. The van der Waals surface area contributed by atoms with Gasteiger partial charge in [-0.25, -0.2) is 0 Å². The Hall–Kier alpha value is -3.06. The smallest absolute Gasteiger partial charge is 0.166 e. The Morgan fingerprint density at radius 3 is 2.76 bits per heavy atom. The van der Waals surface area contributed by atoms with Gasteiger partial charge in [0.1, 0.15) is 6.07 Å². The summed E-state index contributed by atoms with van der Waals surface area (Å²) in [5.41, 5.74) is 3.09. The van der Waals surface area contributed by atoms with E-state index in [0.717, 1.165) is 48.9 Å². The molecule has 0 radical (unpaired) electrons. The first-order chi connectivity index (χ1) is 16.6. The molecule has 2 aliphatic heterocycles. The zero-order valence-electron chi connectivity index (χ0n) is 19.4. The molecule has 3 fully saturated rings. The summed E-state index contributed by atoms with van der Waals surface area (Å²) in [6.07, 6.45) is 4.36. The second-order valence-electron chi connectivity index (χ2n) is 9.80. The minimum absolute atomic E-state index is 0.201. The van der Waals surface area contributed by atoms with Crippen LogP contribution < -0.4 is 5.32 Å². The lowest BCUT2D eigenvalue weighted by molar-refractivity contribution is -0.0964. The number of nitrogens with zero attached hydrogens (tertiary/aromatic N) is 6. The number of nitrogens with one attached hydrogen (secondary N) is 1. The molecule has 0 bridgehead atoms. The molecule has 9 heteroatoms. The average Bonchev–Trinajstić information content (AvgIpc) is 3.51. The summed E-state index contributed by atoms with van der Waals surface area (Å²) in [6.45, 7) is 5.30. The fourth-order valence-electron chi connectivity index (χ4n) is 5.82. The second-order valence-corrected chi connectivity index (χ2v) is 9.80. The lowest BCUT2D eigenvalue weighted by atomic mass is 10.0. The van der Waals surface area contributed by atoms with Crippen molar-refractivity contribution in [3.05, 3.63) is 36.0 Å². The van der Waals surface area contributed by atoms with Crippen LogP contribution in [0.4, 0.5) is 5.82 Å². The van der Waals surface area contributed by atoms with Crippen molar-refractivity contribution < 1.29 is 9.47 Å². The molecule has 34 heavy (non-hydrogen) atoms. The molecule has 1 saturated carbocycles. The van der Waals surface area contributed by atoms with E-state index in [1.807, 2.05) is 37.5 Å². The third kappa shape index (κ3) is 4.25. The summed E-state index contributed by atoms with van der Waals surface area (Å²) in [4.78, 5) is 2.53. The van der Waals surface area contributed by atoms with E-state index in [0.29, 0.717) is 54.8 Å². The van der Waals surface area contributed by atoms with E-state index >= 15 is 0 Å². The lowest BCUT2D eigenvalue weighted by Crippen LogP contribution is -2.39. The topological polar surface area (TPSA) is 101 Å². The molecule has 2 saturated heterocycles. The molecule has 9 nitrogen and oxygen atoms in total. The molecule has 3 aliphatic rings. The van der Waals surface area contributed by atoms with Crippen molar-refractivity contribution in [2.75, 3.05) is 44.8 Å². The standard InChI is InChI=1S/C25H29N7O2/c1-31-11-20-6-16(2-3-23(20)30-31)24-9-17(10-26)25(29-28-24)27-21-7-18-12-32(13-19(18)8-21)14-22-15-33-4-5-34-22/h2-3,6,9,11,18-19,21-22H,4-5,7-8,12-15H2,1H3,(H,27,29)/t18-,19+,21+,22-/m0/s1. The van der Waals surface area contributed by atoms with Crippen LogP contribution >= 0.6 is 0 Å². The Morgan fingerprint density at radius 1 is 1.15 bits per heavy atom. The van der Waals surface area contributed by atoms with Gasteiger partial charge in [0.15, 0.2) is 5.82 Å². The van der Waals surface area contributed by atoms with Crippen LogP contribution in [-0.2, 0) is 16.5 Å². The van der Waals surface area contributed by atoms with Gasteiger partial charge in [0, 0.05) is 49.9 Å². The van der Waals surface area contributed by atoms with E-state index < -0.39 is 0 Å². The van der Waals surface area contributed by atoms with Crippen molar-refractivity contribution in [3.8, 4) is 17.3 Å². The Labute approximate surface area is 198 Å². The van der Waals surface area contributed by atoms with Gasteiger partial charge >= 0.3 is 0 Å². The normalized spacial score (nSPS) is 27.1. The predicted octanol–water partition coefficient (Wildman–Crippen LogP) is 2.44. The van der Waals surface area contributed by atoms with E-state index in [-0.39, 0.29) is 6.10 Å². The fourth-order valence-corrected chi connectivity index (χ4v) is 5.82. The third-order valence-corrected chi connectivity index (χ3v) is 7.34. The average molecular weight is 460 g/mol. The number of likely N-dealkylation sites (tertiary alicyclic amines) is 1. The van der Waals surface area contributed by atoms with Crippen LogP contribution in [0.25, 0.3) is 22.2 Å². The Kier molecular flexibility index (Phi) is 5.65.